The molecule has 4 N–H and O–H groups in total. The van der Waals surface area contributed by atoms with Crippen LogP contribution in [0.1, 0.15) is 26.1 Å². The Morgan fingerprint density at radius 3 is 2.63 bits per heavy atom. The number of hydrogen-bond donors (Lipinski definition) is 3. The lowest BCUT2D eigenvalue weighted by molar-refractivity contribution is -0.127. The van der Waals surface area contributed by atoms with E-state index >= 15 is 0 Å². The Balaban J connectivity index is 2.71. The van der Waals surface area contributed by atoms with E-state index in [0.29, 0.717) is 24.0 Å². The summed E-state index contributed by atoms with van der Waals surface area (Å²) in [5.41, 5.74) is 2.50. The standard InChI is InChI=1S/C12H22N6O/c1-4-6-9-15-10(7-11(16-9)17-13)14-8-12(19)18(3)5-2/h7H,4-6,8,13H2,1-3H3,(H2,14,15,16,17). The Morgan fingerprint density at radius 2 is 2.05 bits per heavy atom. The molecule has 0 aliphatic rings. The minimum Gasteiger partial charge on any atom is -0.361 e. The minimum atomic E-state index is 0.0143. The first-order valence-electron chi connectivity index (χ1n) is 6.43. The van der Waals surface area contributed by atoms with E-state index in [1.807, 2.05) is 6.92 Å². The molecular weight excluding hydrogens is 244 g/mol. The number of nitrogens with one attached hydrogen (secondary N) is 2. The van der Waals surface area contributed by atoms with Gasteiger partial charge >= 0.3 is 0 Å². The number of rotatable bonds is 7. The maximum atomic E-state index is 11.7. The summed E-state index contributed by atoms with van der Waals surface area (Å²) < 4.78 is 0. The molecule has 1 aromatic rings. The van der Waals surface area contributed by atoms with Gasteiger partial charge in [-0.3, -0.25) is 4.79 Å². The smallest absolute Gasteiger partial charge is 0.241 e. The van der Waals surface area contributed by atoms with Crippen LogP contribution in [0.25, 0.3) is 0 Å². The second kappa shape index (κ2) is 7.52. The number of carbonyl (C=O) groups is 1. The zero-order valence-electron chi connectivity index (χ0n) is 11.7. The van der Waals surface area contributed by atoms with Gasteiger partial charge in [0.15, 0.2) is 0 Å². The molecule has 0 saturated heterocycles. The van der Waals surface area contributed by atoms with E-state index in [9.17, 15) is 4.79 Å². The summed E-state index contributed by atoms with van der Waals surface area (Å²) in [6, 6.07) is 1.68. The molecule has 1 amide bonds. The summed E-state index contributed by atoms with van der Waals surface area (Å²) in [5.74, 6) is 7.23. The number of nitrogens with zero attached hydrogens (tertiary/aromatic N) is 3. The van der Waals surface area contributed by atoms with Crippen molar-refractivity contribution in [2.45, 2.75) is 26.7 Å². The molecule has 1 aromatic heterocycles. The monoisotopic (exact) mass is 266 g/mol. The van der Waals surface area contributed by atoms with Crippen LogP contribution in [-0.2, 0) is 11.2 Å². The average molecular weight is 266 g/mol. The second-order valence-electron chi connectivity index (χ2n) is 4.21. The molecule has 0 bridgehead atoms. The normalized spacial score (nSPS) is 10.1. The van der Waals surface area contributed by atoms with Crippen LogP contribution in [0.5, 0.6) is 0 Å². The van der Waals surface area contributed by atoms with Gasteiger partial charge in [-0.15, -0.1) is 0 Å². The molecule has 0 unspecified atom stereocenters. The highest BCUT2D eigenvalue weighted by Gasteiger charge is 2.08. The number of carbonyl (C=O) groups excluding carboxylic acids is 1. The van der Waals surface area contributed by atoms with Gasteiger partial charge in [-0.05, 0) is 13.3 Å². The predicted molar refractivity (Wildman–Crippen MR) is 75.6 cm³/mol. The Bertz CT molecular complexity index is 423. The molecule has 0 saturated carbocycles. The highest BCUT2D eigenvalue weighted by molar-refractivity contribution is 5.80. The van der Waals surface area contributed by atoms with Crippen LogP contribution < -0.4 is 16.6 Å². The van der Waals surface area contributed by atoms with Crippen molar-refractivity contribution in [1.82, 2.24) is 14.9 Å². The van der Waals surface area contributed by atoms with Crippen molar-refractivity contribution >= 4 is 17.5 Å². The molecule has 19 heavy (non-hydrogen) atoms. The lowest BCUT2D eigenvalue weighted by Gasteiger charge is -2.15. The van der Waals surface area contributed by atoms with Gasteiger partial charge in [-0.2, -0.15) is 0 Å². The molecule has 0 aromatic carbocycles. The number of nitrogens with two attached hydrogens (primary N) is 1. The molecule has 0 radical (unpaired) electrons. The van der Waals surface area contributed by atoms with Gasteiger partial charge in [-0.25, -0.2) is 15.8 Å². The maximum absolute atomic E-state index is 11.7. The molecular formula is C12H22N6O. The number of hydrogen-bond acceptors (Lipinski definition) is 6. The molecule has 7 heteroatoms. The predicted octanol–water partition coefficient (Wildman–Crippen LogP) is 0.605. The molecule has 0 atom stereocenters. The quantitative estimate of drug-likeness (QED) is 0.494. The SMILES string of the molecule is CCCc1nc(NN)cc(NCC(=O)N(C)CC)n1. The molecule has 1 rings (SSSR count). The summed E-state index contributed by atoms with van der Waals surface area (Å²) >= 11 is 0. The first kappa shape index (κ1) is 15.2. The van der Waals surface area contributed by atoms with E-state index in [4.69, 9.17) is 5.84 Å². The van der Waals surface area contributed by atoms with Crippen LogP contribution in [0.4, 0.5) is 11.6 Å². The number of aromatic nitrogens is 2. The van der Waals surface area contributed by atoms with E-state index in [1.165, 1.54) is 0 Å². The van der Waals surface area contributed by atoms with Crippen LogP contribution >= 0.6 is 0 Å². The Hall–Kier alpha value is -1.89. The summed E-state index contributed by atoms with van der Waals surface area (Å²) in [5, 5.41) is 3.00. The lowest BCUT2D eigenvalue weighted by Crippen LogP contribution is -2.32. The fourth-order valence-electron chi connectivity index (χ4n) is 1.47. The number of hydrazine groups is 1. The summed E-state index contributed by atoms with van der Waals surface area (Å²) in [6.07, 6.45) is 1.72. The summed E-state index contributed by atoms with van der Waals surface area (Å²) in [7, 11) is 1.76. The zero-order chi connectivity index (χ0) is 14.3. The van der Waals surface area contributed by atoms with Crippen molar-refractivity contribution in [2.24, 2.45) is 5.84 Å². The van der Waals surface area contributed by atoms with Crippen molar-refractivity contribution in [3.63, 3.8) is 0 Å². The van der Waals surface area contributed by atoms with Crippen LogP contribution in [0, 0.1) is 0 Å². The number of amides is 1. The van der Waals surface area contributed by atoms with Gasteiger partial charge in [0.2, 0.25) is 5.91 Å². The highest BCUT2D eigenvalue weighted by atomic mass is 16.2. The van der Waals surface area contributed by atoms with Crippen molar-refractivity contribution in [3.05, 3.63) is 11.9 Å². The van der Waals surface area contributed by atoms with Gasteiger partial charge < -0.3 is 15.6 Å². The van der Waals surface area contributed by atoms with E-state index in [1.54, 1.807) is 18.0 Å². The molecule has 0 spiro atoms. The van der Waals surface area contributed by atoms with Crippen molar-refractivity contribution in [2.75, 3.05) is 30.9 Å². The van der Waals surface area contributed by atoms with Crippen molar-refractivity contribution in [3.8, 4) is 0 Å². The molecule has 1 heterocycles. The zero-order valence-corrected chi connectivity index (χ0v) is 11.7. The summed E-state index contributed by atoms with van der Waals surface area (Å²) in [4.78, 5) is 21.9. The molecule has 0 aliphatic heterocycles. The third-order valence-corrected chi connectivity index (χ3v) is 2.71. The van der Waals surface area contributed by atoms with E-state index in [2.05, 4.69) is 27.6 Å². The second-order valence-corrected chi connectivity index (χ2v) is 4.21. The van der Waals surface area contributed by atoms with E-state index in [-0.39, 0.29) is 12.5 Å². The fraction of sp³-hybridized carbons (Fsp3) is 0.583. The van der Waals surface area contributed by atoms with Crippen molar-refractivity contribution in [1.29, 1.82) is 0 Å². The maximum Gasteiger partial charge on any atom is 0.241 e. The highest BCUT2D eigenvalue weighted by Crippen LogP contribution is 2.11. The van der Waals surface area contributed by atoms with E-state index < -0.39 is 0 Å². The minimum absolute atomic E-state index is 0.0143. The fourth-order valence-corrected chi connectivity index (χ4v) is 1.47. The van der Waals surface area contributed by atoms with Gasteiger partial charge in [0.25, 0.3) is 0 Å². The van der Waals surface area contributed by atoms with Gasteiger partial charge in [-0.1, -0.05) is 6.92 Å². The Labute approximate surface area is 113 Å². The molecule has 106 valence electrons. The first-order chi connectivity index (χ1) is 9.10. The summed E-state index contributed by atoms with van der Waals surface area (Å²) in [6.45, 7) is 4.87. The topological polar surface area (TPSA) is 96.2 Å². The third kappa shape index (κ3) is 4.70. The van der Waals surface area contributed by atoms with Gasteiger partial charge in [0.05, 0.1) is 6.54 Å². The Morgan fingerprint density at radius 1 is 1.37 bits per heavy atom. The number of anilines is 2. The molecule has 0 aliphatic carbocycles. The largest absolute Gasteiger partial charge is 0.361 e. The third-order valence-electron chi connectivity index (χ3n) is 2.71. The number of aryl methyl sites for hydroxylation is 1. The van der Waals surface area contributed by atoms with Crippen LogP contribution in [-0.4, -0.2) is 40.9 Å². The van der Waals surface area contributed by atoms with Gasteiger partial charge in [0.1, 0.15) is 17.5 Å². The molecule has 7 nitrogen and oxygen atoms in total. The van der Waals surface area contributed by atoms with Crippen LogP contribution in [0.2, 0.25) is 0 Å². The Kier molecular flexibility index (Phi) is 6.01. The lowest BCUT2D eigenvalue weighted by atomic mass is 10.3. The number of nitrogen functional groups attached to an aromatic ring is 1. The van der Waals surface area contributed by atoms with E-state index in [0.717, 1.165) is 12.8 Å². The van der Waals surface area contributed by atoms with Crippen LogP contribution in [0.3, 0.4) is 0 Å². The molecule has 0 fully saturated rings. The number of likely N-dealkylation sites (N-methyl/N-ethyl adjacent to an activating group) is 1. The average Bonchev–Trinajstić information content (AvgIpc) is 2.43. The first-order valence-corrected chi connectivity index (χ1v) is 6.43. The van der Waals surface area contributed by atoms with Crippen molar-refractivity contribution < 1.29 is 4.79 Å². The van der Waals surface area contributed by atoms with Crippen LogP contribution in [0.15, 0.2) is 6.07 Å². The van der Waals surface area contributed by atoms with Gasteiger partial charge in [0, 0.05) is 26.1 Å².